The van der Waals surface area contributed by atoms with Gasteiger partial charge in [-0.05, 0) is 36.4 Å². The molecule has 0 saturated carbocycles. The van der Waals surface area contributed by atoms with Gasteiger partial charge in [0.1, 0.15) is 11.9 Å². The van der Waals surface area contributed by atoms with E-state index in [1.165, 1.54) is 36.0 Å². The van der Waals surface area contributed by atoms with E-state index in [9.17, 15) is 18.8 Å². The van der Waals surface area contributed by atoms with Crippen molar-refractivity contribution in [3.05, 3.63) is 30.1 Å². The standard InChI is InChI=1S/C13H15FN2O4S/c14-9-1-3-10(4-2-9)16-12(18)7-21-6-5-11(13(19)20)15-8-17/h1-4,8,11H,5-7H2,(H,15,17)(H,16,18)(H,19,20). The maximum atomic E-state index is 12.7. The molecule has 1 rings (SSSR count). The van der Waals surface area contributed by atoms with Crippen LogP contribution >= 0.6 is 11.8 Å². The van der Waals surface area contributed by atoms with Crippen LogP contribution in [0.2, 0.25) is 0 Å². The van der Waals surface area contributed by atoms with Crippen LogP contribution in [0.15, 0.2) is 24.3 Å². The first-order valence-electron chi connectivity index (χ1n) is 6.08. The van der Waals surface area contributed by atoms with E-state index in [0.29, 0.717) is 17.9 Å². The molecule has 0 saturated heterocycles. The molecule has 114 valence electrons. The molecule has 0 aliphatic rings. The first kappa shape index (κ1) is 17.0. The van der Waals surface area contributed by atoms with Crippen molar-refractivity contribution in [1.29, 1.82) is 0 Å². The molecule has 1 aromatic rings. The van der Waals surface area contributed by atoms with Crippen LogP contribution < -0.4 is 10.6 Å². The van der Waals surface area contributed by atoms with Gasteiger partial charge in [0.05, 0.1) is 5.75 Å². The Morgan fingerprint density at radius 2 is 2.00 bits per heavy atom. The van der Waals surface area contributed by atoms with Crippen molar-refractivity contribution in [2.24, 2.45) is 0 Å². The Bertz CT molecular complexity index is 495. The lowest BCUT2D eigenvalue weighted by Crippen LogP contribution is -2.36. The van der Waals surface area contributed by atoms with E-state index in [1.807, 2.05) is 0 Å². The van der Waals surface area contributed by atoms with Gasteiger partial charge in [-0.15, -0.1) is 0 Å². The molecule has 21 heavy (non-hydrogen) atoms. The Kier molecular flexibility index (Phi) is 7.24. The highest BCUT2D eigenvalue weighted by atomic mass is 32.2. The van der Waals surface area contributed by atoms with Crippen molar-refractivity contribution in [2.45, 2.75) is 12.5 Å². The highest BCUT2D eigenvalue weighted by molar-refractivity contribution is 7.99. The van der Waals surface area contributed by atoms with Crippen molar-refractivity contribution < 1.29 is 23.9 Å². The molecule has 1 atom stereocenters. The zero-order valence-corrected chi connectivity index (χ0v) is 11.9. The van der Waals surface area contributed by atoms with Crippen LogP contribution in [-0.2, 0) is 14.4 Å². The molecule has 0 aromatic heterocycles. The molecular formula is C13H15FN2O4S. The van der Waals surface area contributed by atoms with E-state index in [0.717, 1.165) is 0 Å². The molecule has 8 heteroatoms. The summed E-state index contributed by atoms with van der Waals surface area (Å²) in [5.41, 5.74) is 0.494. The number of halogens is 1. The summed E-state index contributed by atoms with van der Waals surface area (Å²) in [5, 5.41) is 13.6. The minimum absolute atomic E-state index is 0.144. The second-order valence-electron chi connectivity index (χ2n) is 4.07. The zero-order valence-electron chi connectivity index (χ0n) is 11.0. The average Bonchev–Trinajstić information content (AvgIpc) is 2.44. The lowest BCUT2D eigenvalue weighted by Gasteiger charge is -2.10. The van der Waals surface area contributed by atoms with Crippen molar-refractivity contribution in [3.63, 3.8) is 0 Å². The summed E-state index contributed by atoms with van der Waals surface area (Å²) >= 11 is 1.25. The molecule has 6 nitrogen and oxygen atoms in total. The molecule has 0 aliphatic heterocycles. The predicted molar refractivity (Wildman–Crippen MR) is 77.6 cm³/mol. The summed E-state index contributed by atoms with van der Waals surface area (Å²) in [4.78, 5) is 32.5. The van der Waals surface area contributed by atoms with Crippen LogP contribution in [0.4, 0.5) is 10.1 Å². The van der Waals surface area contributed by atoms with Gasteiger partial charge < -0.3 is 15.7 Å². The maximum absolute atomic E-state index is 12.7. The normalized spacial score (nSPS) is 11.5. The Labute approximate surface area is 125 Å². The van der Waals surface area contributed by atoms with E-state index in [1.54, 1.807) is 0 Å². The molecule has 1 unspecified atom stereocenters. The van der Waals surface area contributed by atoms with Crippen molar-refractivity contribution in [1.82, 2.24) is 5.32 Å². The van der Waals surface area contributed by atoms with Crippen molar-refractivity contribution in [3.8, 4) is 0 Å². The van der Waals surface area contributed by atoms with Gasteiger partial charge in [-0.25, -0.2) is 9.18 Å². The Morgan fingerprint density at radius 3 is 2.57 bits per heavy atom. The van der Waals surface area contributed by atoms with Crippen LogP contribution in [0.1, 0.15) is 6.42 Å². The number of carbonyl (C=O) groups is 3. The fraction of sp³-hybridized carbons (Fsp3) is 0.308. The Balaban J connectivity index is 2.25. The third-order valence-corrected chi connectivity index (χ3v) is 3.47. The highest BCUT2D eigenvalue weighted by Crippen LogP contribution is 2.10. The molecular weight excluding hydrogens is 299 g/mol. The monoisotopic (exact) mass is 314 g/mol. The molecule has 0 heterocycles. The number of benzene rings is 1. The first-order valence-corrected chi connectivity index (χ1v) is 7.24. The lowest BCUT2D eigenvalue weighted by atomic mass is 10.2. The van der Waals surface area contributed by atoms with Gasteiger partial charge in [-0.2, -0.15) is 11.8 Å². The van der Waals surface area contributed by atoms with Gasteiger partial charge >= 0.3 is 5.97 Å². The topological polar surface area (TPSA) is 95.5 Å². The SMILES string of the molecule is O=CNC(CCSCC(=O)Nc1ccc(F)cc1)C(=O)O. The number of thioether (sulfide) groups is 1. The Morgan fingerprint density at radius 1 is 1.33 bits per heavy atom. The number of aliphatic carboxylic acids is 1. The fourth-order valence-corrected chi connectivity index (χ4v) is 2.26. The van der Waals surface area contributed by atoms with Crippen LogP contribution in [0.25, 0.3) is 0 Å². The fourth-order valence-electron chi connectivity index (χ4n) is 1.46. The summed E-state index contributed by atoms with van der Waals surface area (Å²) in [5.74, 6) is -1.20. The molecule has 0 radical (unpaired) electrons. The van der Waals surface area contributed by atoms with Gasteiger partial charge in [0.15, 0.2) is 0 Å². The molecule has 0 fully saturated rings. The number of hydrogen-bond acceptors (Lipinski definition) is 4. The number of carboxylic acid groups (broad SMARTS) is 1. The molecule has 2 amide bonds. The number of hydrogen-bond donors (Lipinski definition) is 3. The third-order valence-electron chi connectivity index (χ3n) is 2.48. The molecule has 0 bridgehead atoms. The van der Waals surface area contributed by atoms with E-state index < -0.39 is 12.0 Å². The largest absolute Gasteiger partial charge is 0.480 e. The van der Waals surface area contributed by atoms with Crippen LogP contribution in [0.3, 0.4) is 0 Å². The predicted octanol–water partition coefficient (Wildman–Crippen LogP) is 1.09. The summed E-state index contributed by atoms with van der Waals surface area (Å²) in [7, 11) is 0. The van der Waals surface area contributed by atoms with Crippen LogP contribution in [-0.4, -0.2) is 40.9 Å². The molecule has 0 spiro atoms. The number of rotatable bonds is 9. The Hall–Kier alpha value is -2.09. The highest BCUT2D eigenvalue weighted by Gasteiger charge is 2.15. The minimum Gasteiger partial charge on any atom is -0.480 e. The third kappa shape index (κ3) is 6.75. The average molecular weight is 314 g/mol. The van der Waals surface area contributed by atoms with Gasteiger partial charge in [0.25, 0.3) is 0 Å². The minimum atomic E-state index is -1.11. The van der Waals surface area contributed by atoms with Crippen molar-refractivity contribution in [2.75, 3.05) is 16.8 Å². The number of nitrogens with one attached hydrogen (secondary N) is 2. The summed E-state index contributed by atoms with van der Waals surface area (Å²) in [6, 6.07) is 4.44. The van der Waals surface area contributed by atoms with E-state index in [-0.39, 0.29) is 23.9 Å². The molecule has 0 aliphatic carbocycles. The first-order chi connectivity index (χ1) is 10.0. The van der Waals surface area contributed by atoms with Gasteiger partial charge in [0.2, 0.25) is 12.3 Å². The lowest BCUT2D eigenvalue weighted by molar-refractivity contribution is -0.140. The zero-order chi connectivity index (χ0) is 15.7. The second-order valence-corrected chi connectivity index (χ2v) is 5.18. The van der Waals surface area contributed by atoms with Crippen LogP contribution in [0, 0.1) is 5.82 Å². The summed E-state index contributed by atoms with van der Waals surface area (Å²) < 4.78 is 12.7. The van der Waals surface area contributed by atoms with Gasteiger partial charge in [0, 0.05) is 5.69 Å². The number of amides is 2. The second kappa shape index (κ2) is 8.96. The van der Waals surface area contributed by atoms with E-state index in [2.05, 4.69) is 10.6 Å². The van der Waals surface area contributed by atoms with E-state index in [4.69, 9.17) is 5.11 Å². The van der Waals surface area contributed by atoms with Crippen molar-refractivity contribution >= 4 is 35.7 Å². The smallest absolute Gasteiger partial charge is 0.326 e. The quantitative estimate of drug-likeness (QED) is 0.468. The van der Waals surface area contributed by atoms with Gasteiger partial charge in [-0.3, -0.25) is 9.59 Å². The number of carboxylic acids is 1. The van der Waals surface area contributed by atoms with E-state index >= 15 is 0 Å². The summed E-state index contributed by atoms with van der Waals surface area (Å²) in [6.45, 7) is 0. The number of carbonyl (C=O) groups excluding carboxylic acids is 2. The van der Waals surface area contributed by atoms with Gasteiger partial charge in [-0.1, -0.05) is 0 Å². The maximum Gasteiger partial charge on any atom is 0.326 e. The molecule has 1 aromatic carbocycles. The molecule has 3 N–H and O–H groups in total. The number of anilines is 1. The van der Waals surface area contributed by atoms with Crippen LogP contribution in [0.5, 0.6) is 0 Å². The summed E-state index contributed by atoms with van der Waals surface area (Å²) in [6.07, 6.45) is 0.563.